The van der Waals surface area contributed by atoms with Gasteiger partial charge < -0.3 is 9.47 Å². The predicted molar refractivity (Wildman–Crippen MR) is 103 cm³/mol. The lowest BCUT2D eigenvalue weighted by Gasteiger charge is -2.27. The number of cyclic esters (lactones) is 1. The second-order valence-corrected chi connectivity index (χ2v) is 6.88. The molecule has 1 saturated heterocycles. The van der Waals surface area contributed by atoms with Crippen LogP contribution in [0.4, 0.5) is 0 Å². The number of allylic oxidation sites excluding steroid dienone is 4. The Balaban J connectivity index is 2.11. The van der Waals surface area contributed by atoms with Gasteiger partial charge in [-0.1, -0.05) is 44.1 Å². The molecule has 2 aliphatic rings. The van der Waals surface area contributed by atoms with Gasteiger partial charge in [-0.3, -0.25) is 14.4 Å². The zero-order valence-electron chi connectivity index (χ0n) is 16.1. The molecule has 0 saturated carbocycles. The summed E-state index contributed by atoms with van der Waals surface area (Å²) < 4.78 is 10.7. The van der Waals surface area contributed by atoms with Crippen LogP contribution < -0.4 is 0 Å². The Hall–Kier alpha value is -2.43. The van der Waals surface area contributed by atoms with E-state index < -0.39 is 11.6 Å². The molecular weight excluding hydrogens is 344 g/mol. The van der Waals surface area contributed by atoms with Crippen LogP contribution in [-0.2, 0) is 23.9 Å². The Bertz CT molecular complexity index is 683. The molecule has 0 amide bonds. The van der Waals surface area contributed by atoms with E-state index >= 15 is 0 Å². The summed E-state index contributed by atoms with van der Waals surface area (Å²) in [5, 5.41) is 0. The monoisotopic (exact) mass is 372 g/mol. The van der Waals surface area contributed by atoms with Crippen LogP contribution in [-0.4, -0.2) is 29.4 Å². The van der Waals surface area contributed by atoms with Gasteiger partial charge >= 0.3 is 11.9 Å². The molecule has 1 fully saturated rings. The number of esters is 2. The fourth-order valence-corrected chi connectivity index (χ4v) is 3.23. The quantitative estimate of drug-likeness (QED) is 0.263. The highest BCUT2D eigenvalue weighted by Crippen LogP contribution is 2.34. The van der Waals surface area contributed by atoms with Gasteiger partial charge in [-0.15, -0.1) is 0 Å². The second-order valence-electron chi connectivity index (χ2n) is 6.88. The van der Waals surface area contributed by atoms with Gasteiger partial charge in [0.1, 0.15) is 6.10 Å². The zero-order valence-corrected chi connectivity index (χ0v) is 16.1. The molecule has 0 spiro atoms. The maximum Gasteiger partial charge on any atom is 0.306 e. The molecule has 2 rings (SSSR count). The lowest BCUT2D eigenvalue weighted by molar-refractivity contribution is -0.149. The van der Waals surface area contributed by atoms with Crippen LogP contribution in [0.3, 0.4) is 0 Å². The average molecular weight is 372 g/mol. The van der Waals surface area contributed by atoms with E-state index in [4.69, 9.17) is 9.47 Å². The number of hydrogen-bond acceptors (Lipinski definition) is 5. The van der Waals surface area contributed by atoms with Crippen LogP contribution in [0.25, 0.3) is 0 Å². The summed E-state index contributed by atoms with van der Waals surface area (Å²) in [5.74, 6) is -0.824. The van der Waals surface area contributed by atoms with Gasteiger partial charge in [-0.25, -0.2) is 0 Å². The standard InChI is InChI=1S/C22H28O5/c1-3-4-5-6-7-8-15-22(27-17(2)23)16-14-20(24)19(22)11-9-10-18-12-13-21(25)26-18/h7-11,14,16,18H,3-6,12-13,15H2,1-2H3/b8-7-,10-9-,19-11-. The molecule has 1 aliphatic heterocycles. The summed E-state index contributed by atoms with van der Waals surface area (Å²) in [7, 11) is 0. The van der Waals surface area contributed by atoms with E-state index in [1.54, 1.807) is 24.3 Å². The van der Waals surface area contributed by atoms with E-state index in [-0.39, 0.29) is 17.9 Å². The minimum atomic E-state index is -1.07. The first-order chi connectivity index (χ1) is 13.0. The number of hydrogen-bond donors (Lipinski definition) is 0. The average Bonchev–Trinajstić information content (AvgIpc) is 3.16. The fraction of sp³-hybridized carbons (Fsp3) is 0.500. The Morgan fingerprint density at radius 3 is 2.81 bits per heavy atom. The third kappa shape index (κ3) is 6.05. The first-order valence-corrected chi connectivity index (χ1v) is 9.63. The van der Waals surface area contributed by atoms with Gasteiger partial charge in [-0.2, -0.15) is 0 Å². The van der Waals surface area contributed by atoms with Crippen LogP contribution in [0, 0.1) is 0 Å². The third-order valence-electron chi connectivity index (χ3n) is 4.62. The van der Waals surface area contributed by atoms with Crippen molar-refractivity contribution in [2.24, 2.45) is 0 Å². The van der Waals surface area contributed by atoms with Crippen molar-refractivity contribution < 1.29 is 23.9 Å². The normalized spacial score (nSPS) is 26.6. The van der Waals surface area contributed by atoms with Gasteiger partial charge in [-0.05, 0) is 37.5 Å². The van der Waals surface area contributed by atoms with Crippen molar-refractivity contribution in [3.8, 4) is 0 Å². The molecular formula is C22H28O5. The first-order valence-electron chi connectivity index (χ1n) is 9.63. The number of unbranched alkanes of at least 4 members (excludes halogenated alkanes) is 3. The molecule has 0 radical (unpaired) electrons. The van der Waals surface area contributed by atoms with Crippen molar-refractivity contribution in [3.63, 3.8) is 0 Å². The minimum absolute atomic E-state index is 0.177. The predicted octanol–water partition coefficient (Wildman–Crippen LogP) is 4.14. The lowest BCUT2D eigenvalue weighted by atomic mass is 9.91. The van der Waals surface area contributed by atoms with Crippen LogP contribution in [0.2, 0.25) is 0 Å². The third-order valence-corrected chi connectivity index (χ3v) is 4.62. The van der Waals surface area contributed by atoms with E-state index in [1.165, 1.54) is 19.4 Å². The second kappa shape index (κ2) is 10.0. The van der Waals surface area contributed by atoms with Crippen molar-refractivity contribution in [2.45, 2.75) is 70.5 Å². The lowest BCUT2D eigenvalue weighted by Crippen LogP contribution is -2.33. The van der Waals surface area contributed by atoms with Crippen molar-refractivity contribution in [1.29, 1.82) is 0 Å². The van der Waals surface area contributed by atoms with Gasteiger partial charge in [0.05, 0.1) is 0 Å². The SMILES string of the molecule is CCCCC/C=C\CC1(OC(C)=O)C=CC(=O)/C1=C/C=C\C1CCC(=O)O1. The Kier molecular flexibility index (Phi) is 7.77. The molecule has 1 heterocycles. The van der Waals surface area contributed by atoms with Crippen LogP contribution in [0.1, 0.15) is 58.8 Å². The summed E-state index contributed by atoms with van der Waals surface area (Å²) >= 11 is 0. The van der Waals surface area contributed by atoms with E-state index in [0.717, 1.165) is 19.3 Å². The highest BCUT2D eigenvalue weighted by atomic mass is 16.6. The maximum atomic E-state index is 12.3. The number of ether oxygens (including phenoxy) is 2. The molecule has 5 nitrogen and oxygen atoms in total. The largest absolute Gasteiger partial charge is 0.458 e. The molecule has 0 aromatic carbocycles. The zero-order chi connectivity index (χ0) is 19.7. The minimum Gasteiger partial charge on any atom is -0.458 e. The van der Waals surface area contributed by atoms with Gasteiger partial charge in [0.25, 0.3) is 0 Å². The van der Waals surface area contributed by atoms with E-state index in [2.05, 4.69) is 13.0 Å². The van der Waals surface area contributed by atoms with E-state index in [0.29, 0.717) is 24.8 Å². The molecule has 0 N–H and O–H groups in total. The molecule has 0 bridgehead atoms. The van der Waals surface area contributed by atoms with Crippen molar-refractivity contribution in [1.82, 2.24) is 0 Å². The molecule has 2 unspecified atom stereocenters. The van der Waals surface area contributed by atoms with E-state index in [9.17, 15) is 14.4 Å². The fourth-order valence-electron chi connectivity index (χ4n) is 3.23. The van der Waals surface area contributed by atoms with Crippen molar-refractivity contribution in [3.05, 3.63) is 48.1 Å². The highest BCUT2D eigenvalue weighted by Gasteiger charge is 2.41. The number of carbonyl (C=O) groups is 3. The molecule has 146 valence electrons. The highest BCUT2D eigenvalue weighted by molar-refractivity contribution is 6.09. The van der Waals surface area contributed by atoms with Crippen LogP contribution in [0.5, 0.6) is 0 Å². The maximum absolute atomic E-state index is 12.3. The van der Waals surface area contributed by atoms with Crippen molar-refractivity contribution in [2.75, 3.05) is 0 Å². The summed E-state index contributed by atoms with van der Waals surface area (Å²) in [6.45, 7) is 3.50. The summed E-state index contributed by atoms with van der Waals surface area (Å²) in [6.07, 6.45) is 17.9. The molecule has 2 atom stereocenters. The van der Waals surface area contributed by atoms with Gasteiger partial charge in [0, 0.05) is 25.3 Å². The van der Waals surface area contributed by atoms with Crippen LogP contribution in [0.15, 0.2) is 48.1 Å². The summed E-state index contributed by atoms with van der Waals surface area (Å²) in [6, 6.07) is 0. The number of carbonyl (C=O) groups excluding carboxylic acids is 3. The van der Waals surface area contributed by atoms with Gasteiger partial charge in [0.15, 0.2) is 11.4 Å². The number of rotatable bonds is 9. The smallest absolute Gasteiger partial charge is 0.306 e. The Labute approximate surface area is 160 Å². The first kappa shape index (κ1) is 20.9. The molecule has 5 heteroatoms. The molecule has 1 aliphatic carbocycles. The Morgan fingerprint density at radius 2 is 2.15 bits per heavy atom. The Morgan fingerprint density at radius 1 is 1.33 bits per heavy atom. The molecule has 0 aromatic heterocycles. The number of ketones is 1. The van der Waals surface area contributed by atoms with Crippen molar-refractivity contribution >= 4 is 17.7 Å². The van der Waals surface area contributed by atoms with Crippen LogP contribution >= 0.6 is 0 Å². The van der Waals surface area contributed by atoms with E-state index in [1.807, 2.05) is 6.08 Å². The molecule has 0 aromatic rings. The topological polar surface area (TPSA) is 69.7 Å². The summed E-state index contributed by atoms with van der Waals surface area (Å²) in [4.78, 5) is 35.2. The summed E-state index contributed by atoms with van der Waals surface area (Å²) in [5.41, 5.74) is -0.655. The van der Waals surface area contributed by atoms with Gasteiger partial charge in [0.2, 0.25) is 0 Å². The molecule has 27 heavy (non-hydrogen) atoms.